The lowest BCUT2D eigenvalue weighted by molar-refractivity contribution is 0.749. The predicted molar refractivity (Wildman–Crippen MR) is 80.4 cm³/mol. The molecule has 0 bridgehead atoms. The molecule has 4 nitrogen and oxygen atoms in total. The lowest BCUT2D eigenvalue weighted by atomic mass is 10.2. The van der Waals surface area contributed by atoms with Gasteiger partial charge in [-0.25, -0.2) is 4.98 Å². The highest BCUT2D eigenvalue weighted by molar-refractivity contribution is 5.46. The van der Waals surface area contributed by atoms with Crippen molar-refractivity contribution in [3.8, 4) is 5.69 Å². The minimum Gasteiger partial charge on any atom is -0.367 e. The van der Waals surface area contributed by atoms with E-state index in [4.69, 9.17) is 0 Å². The number of aromatic nitrogens is 2. The van der Waals surface area contributed by atoms with Crippen molar-refractivity contribution in [1.82, 2.24) is 9.55 Å². The molecular formula is C16H19N3O. The lowest BCUT2D eigenvalue weighted by Crippen LogP contribution is -2.19. The van der Waals surface area contributed by atoms with Gasteiger partial charge >= 0.3 is 0 Å². The zero-order valence-electron chi connectivity index (χ0n) is 11.7. The molecule has 1 N–H and O–H groups in total. The summed E-state index contributed by atoms with van der Waals surface area (Å²) < 4.78 is 1.63. The molecule has 0 amide bonds. The van der Waals surface area contributed by atoms with Gasteiger partial charge in [-0.1, -0.05) is 18.9 Å². The average Bonchev–Trinajstić information content (AvgIpc) is 2.93. The zero-order chi connectivity index (χ0) is 13.9. The number of nitrogens with one attached hydrogen (secondary N) is 1. The molecule has 0 aliphatic heterocycles. The molecule has 1 aliphatic carbocycles. The first-order valence-electron chi connectivity index (χ1n) is 7.16. The van der Waals surface area contributed by atoms with Gasteiger partial charge in [-0.05, 0) is 38.0 Å². The molecule has 1 fully saturated rings. The van der Waals surface area contributed by atoms with Crippen LogP contribution in [0.15, 0.2) is 41.3 Å². The molecule has 0 unspecified atom stereocenters. The van der Waals surface area contributed by atoms with Crippen molar-refractivity contribution >= 4 is 5.82 Å². The summed E-state index contributed by atoms with van der Waals surface area (Å²) >= 11 is 0. The molecule has 104 valence electrons. The van der Waals surface area contributed by atoms with E-state index in [1.54, 1.807) is 22.9 Å². The second-order valence-electron chi connectivity index (χ2n) is 5.34. The summed E-state index contributed by atoms with van der Waals surface area (Å²) in [6.07, 6.45) is 6.82. The van der Waals surface area contributed by atoms with Crippen LogP contribution < -0.4 is 10.9 Å². The lowest BCUT2D eigenvalue weighted by Gasteiger charge is -2.15. The largest absolute Gasteiger partial charge is 0.367 e. The van der Waals surface area contributed by atoms with Gasteiger partial charge in [0.15, 0.2) is 0 Å². The van der Waals surface area contributed by atoms with Gasteiger partial charge in [-0.2, -0.15) is 0 Å². The summed E-state index contributed by atoms with van der Waals surface area (Å²) in [5.74, 6) is 0.905. The maximum absolute atomic E-state index is 11.9. The van der Waals surface area contributed by atoms with Crippen LogP contribution in [0.25, 0.3) is 5.69 Å². The molecule has 0 spiro atoms. The van der Waals surface area contributed by atoms with Crippen LogP contribution in [0, 0.1) is 6.92 Å². The fraction of sp³-hybridized carbons (Fsp3) is 0.375. The van der Waals surface area contributed by atoms with Crippen LogP contribution in [0.5, 0.6) is 0 Å². The SMILES string of the molecule is Cc1nc(NC2CCCC2)ccc1-n1ccccc1=O. The summed E-state index contributed by atoms with van der Waals surface area (Å²) in [7, 11) is 0. The maximum atomic E-state index is 11.9. The first-order chi connectivity index (χ1) is 9.74. The fourth-order valence-electron chi connectivity index (χ4n) is 2.79. The monoisotopic (exact) mass is 269 g/mol. The minimum absolute atomic E-state index is 0.0334. The van der Waals surface area contributed by atoms with Gasteiger partial charge in [0.1, 0.15) is 5.82 Å². The second-order valence-corrected chi connectivity index (χ2v) is 5.34. The van der Waals surface area contributed by atoms with Gasteiger partial charge < -0.3 is 5.32 Å². The molecule has 2 aromatic heterocycles. The first kappa shape index (κ1) is 12.9. The summed E-state index contributed by atoms with van der Waals surface area (Å²) in [6, 6.07) is 9.63. The summed E-state index contributed by atoms with van der Waals surface area (Å²) in [5, 5.41) is 3.48. The Labute approximate surface area is 118 Å². The van der Waals surface area contributed by atoms with E-state index in [9.17, 15) is 4.79 Å². The third-order valence-corrected chi connectivity index (χ3v) is 3.85. The highest BCUT2D eigenvalue weighted by atomic mass is 16.1. The van der Waals surface area contributed by atoms with Gasteiger partial charge in [0.05, 0.1) is 11.4 Å². The Morgan fingerprint density at radius 1 is 1.20 bits per heavy atom. The third kappa shape index (κ3) is 2.59. The van der Waals surface area contributed by atoms with Crippen molar-refractivity contribution in [2.45, 2.75) is 38.6 Å². The van der Waals surface area contributed by atoms with Crippen molar-refractivity contribution in [2.75, 3.05) is 5.32 Å². The van der Waals surface area contributed by atoms with Gasteiger partial charge in [0.2, 0.25) is 0 Å². The second kappa shape index (κ2) is 5.49. The molecule has 0 atom stereocenters. The van der Waals surface area contributed by atoms with Crippen LogP contribution in [-0.4, -0.2) is 15.6 Å². The van der Waals surface area contributed by atoms with E-state index >= 15 is 0 Å². The maximum Gasteiger partial charge on any atom is 0.255 e. The van der Waals surface area contributed by atoms with Crippen molar-refractivity contribution < 1.29 is 0 Å². The zero-order valence-corrected chi connectivity index (χ0v) is 11.7. The van der Waals surface area contributed by atoms with Crippen molar-refractivity contribution in [3.05, 3.63) is 52.6 Å². The predicted octanol–water partition coefficient (Wildman–Crippen LogP) is 2.90. The molecule has 3 rings (SSSR count). The number of rotatable bonds is 3. The van der Waals surface area contributed by atoms with Crippen LogP contribution in [0.2, 0.25) is 0 Å². The normalized spacial score (nSPS) is 15.4. The smallest absolute Gasteiger partial charge is 0.255 e. The van der Waals surface area contributed by atoms with Gasteiger partial charge in [-0.3, -0.25) is 9.36 Å². The summed E-state index contributed by atoms with van der Waals surface area (Å²) in [6.45, 7) is 1.94. The average molecular weight is 269 g/mol. The van der Waals surface area contributed by atoms with E-state index in [1.165, 1.54) is 25.7 Å². The molecule has 2 heterocycles. The number of pyridine rings is 2. The molecule has 4 heteroatoms. The topological polar surface area (TPSA) is 46.9 Å². The van der Waals surface area contributed by atoms with Crippen molar-refractivity contribution in [3.63, 3.8) is 0 Å². The molecule has 0 saturated heterocycles. The highest BCUT2D eigenvalue weighted by Gasteiger charge is 2.15. The number of nitrogens with zero attached hydrogens (tertiary/aromatic N) is 2. The van der Waals surface area contributed by atoms with E-state index in [1.807, 2.05) is 25.1 Å². The Hall–Kier alpha value is -2.10. The Bertz CT molecular complexity index is 657. The fourth-order valence-corrected chi connectivity index (χ4v) is 2.79. The first-order valence-corrected chi connectivity index (χ1v) is 7.16. The van der Waals surface area contributed by atoms with E-state index in [0.29, 0.717) is 6.04 Å². The van der Waals surface area contributed by atoms with Gasteiger partial charge in [-0.15, -0.1) is 0 Å². The molecule has 0 radical (unpaired) electrons. The third-order valence-electron chi connectivity index (χ3n) is 3.85. The van der Waals surface area contributed by atoms with Crippen LogP contribution in [0.4, 0.5) is 5.82 Å². The van der Waals surface area contributed by atoms with Crippen LogP contribution in [0.1, 0.15) is 31.4 Å². The van der Waals surface area contributed by atoms with E-state index in [2.05, 4.69) is 10.3 Å². The van der Waals surface area contributed by atoms with E-state index < -0.39 is 0 Å². The summed E-state index contributed by atoms with van der Waals surface area (Å²) in [5.41, 5.74) is 1.67. The van der Waals surface area contributed by atoms with Crippen LogP contribution in [-0.2, 0) is 0 Å². The molecule has 0 aromatic carbocycles. The molecule has 1 saturated carbocycles. The van der Waals surface area contributed by atoms with Crippen molar-refractivity contribution in [2.24, 2.45) is 0 Å². The minimum atomic E-state index is -0.0334. The van der Waals surface area contributed by atoms with Crippen molar-refractivity contribution in [1.29, 1.82) is 0 Å². The number of hydrogen-bond acceptors (Lipinski definition) is 3. The van der Waals surface area contributed by atoms with Crippen LogP contribution in [0.3, 0.4) is 0 Å². The summed E-state index contributed by atoms with van der Waals surface area (Å²) in [4.78, 5) is 16.4. The quantitative estimate of drug-likeness (QED) is 0.932. The highest BCUT2D eigenvalue weighted by Crippen LogP contribution is 2.22. The molecule has 20 heavy (non-hydrogen) atoms. The van der Waals surface area contributed by atoms with E-state index in [-0.39, 0.29) is 5.56 Å². The number of aryl methyl sites for hydroxylation is 1. The van der Waals surface area contributed by atoms with Gasteiger partial charge in [0.25, 0.3) is 5.56 Å². The molecule has 1 aliphatic rings. The number of hydrogen-bond donors (Lipinski definition) is 1. The molecule has 2 aromatic rings. The Balaban J connectivity index is 1.87. The van der Waals surface area contributed by atoms with Gasteiger partial charge in [0, 0.05) is 18.3 Å². The van der Waals surface area contributed by atoms with Crippen LogP contribution >= 0.6 is 0 Å². The van der Waals surface area contributed by atoms with E-state index in [0.717, 1.165) is 17.2 Å². The molecular weight excluding hydrogens is 250 g/mol. The number of anilines is 1. The Kier molecular flexibility index (Phi) is 3.54. The standard InChI is InChI=1S/C16H19N3O/c1-12-14(19-11-5-4-8-16(19)20)9-10-15(17-12)18-13-6-2-3-7-13/h4-5,8-11,13H,2-3,6-7H2,1H3,(H,17,18). The Morgan fingerprint density at radius 3 is 2.70 bits per heavy atom. The Morgan fingerprint density at radius 2 is 2.00 bits per heavy atom.